The normalized spacial score (nSPS) is 11.9. The molecular weight excluding hydrogens is 222 g/mol. The molecule has 0 aromatic carbocycles. The van der Waals surface area contributed by atoms with Crippen molar-refractivity contribution < 1.29 is 14.6 Å². The zero-order valence-corrected chi connectivity index (χ0v) is 10.0. The van der Waals surface area contributed by atoms with Crippen LogP contribution in [-0.4, -0.2) is 34.7 Å². The first-order valence-electron chi connectivity index (χ1n) is 5.43. The molecule has 0 radical (unpaired) electrons. The third-order valence-corrected chi connectivity index (χ3v) is 2.30. The summed E-state index contributed by atoms with van der Waals surface area (Å²) in [5.74, 6) is 0.580. The highest BCUT2D eigenvalue weighted by molar-refractivity contribution is 5.66. The zero-order chi connectivity index (χ0) is 12.7. The van der Waals surface area contributed by atoms with E-state index in [0.29, 0.717) is 24.7 Å². The number of carbonyl (C=O) groups is 1. The van der Waals surface area contributed by atoms with E-state index in [-0.39, 0.29) is 12.3 Å². The van der Waals surface area contributed by atoms with Crippen LogP contribution in [0.1, 0.15) is 19.8 Å². The molecule has 94 valence electrons. The number of rotatable bonds is 7. The van der Waals surface area contributed by atoms with Crippen molar-refractivity contribution in [1.82, 2.24) is 9.97 Å². The number of hydrogen-bond acceptors (Lipinski definition) is 5. The molecule has 0 aliphatic rings. The Morgan fingerprint density at radius 2 is 2.35 bits per heavy atom. The molecular formula is C11H17N3O3. The summed E-state index contributed by atoms with van der Waals surface area (Å²) in [6.07, 6.45) is 3.96. The maximum atomic E-state index is 10.4. The molecule has 0 saturated heterocycles. The lowest BCUT2D eigenvalue weighted by atomic mass is 10.1. The van der Waals surface area contributed by atoms with Gasteiger partial charge in [-0.1, -0.05) is 6.92 Å². The fourth-order valence-corrected chi connectivity index (χ4v) is 1.28. The lowest BCUT2D eigenvalue weighted by molar-refractivity contribution is -0.137. The van der Waals surface area contributed by atoms with E-state index >= 15 is 0 Å². The largest absolute Gasteiger partial charge is 0.481 e. The Balaban J connectivity index is 2.36. The van der Waals surface area contributed by atoms with Crippen LogP contribution < -0.4 is 10.1 Å². The third kappa shape index (κ3) is 5.14. The molecule has 6 nitrogen and oxygen atoms in total. The average Bonchev–Trinajstić information content (AvgIpc) is 2.34. The summed E-state index contributed by atoms with van der Waals surface area (Å²) in [6, 6.07) is 0. The van der Waals surface area contributed by atoms with Crippen molar-refractivity contribution in [3.8, 4) is 5.88 Å². The molecule has 0 aliphatic carbocycles. The fraction of sp³-hybridized carbons (Fsp3) is 0.545. The summed E-state index contributed by atoms with van der Waals surface area (Å²) in [4.78, 5) is 18.5. The van der Waals surface area contributed by atoms with Crippen molar-refractivity contribution in [3.63, 3.8) is 0 Å². The van der Waals surface area contributed by atoms with Crippen LogP contribution in [0.5, 0.6) is 5.88 Å². The second-order valence-electron chi connectivity index (χ2n) is 3.87. The van der Waals surface area contributed by atoms with Crippen molar-refractivity contribution in [2.75, 3.05) is 19.0 Å². The summed E-state index contributed by atoms with van der Waals surface area (Å²) >= 11 is 0. The molecule has 1 rings (SSSR count). The number of ether oxygens (including phenoxy) is 1. The van der Waals surface area contributed by atoms with E-state index in [1.165, 1.54) is 13.3 Å². The molecule has 2 N–H and O–H groups in total. The summed E-state index contributed by atoms with van der Waals surface area (Å²) in [7, 11) is 1.53. The first-order valence-corrected chi connectivity index (χ1v) is 5.43. The Labute approximate surface area is 100 Å². The number of aliphatic carboxylic acids is 1. The number of anilines is 1. The minimum Gasteiger partial charge on any atom is -0.481 e. The fourth-order valence-electron chi connectivity index (χ4n) is 1.28. The summed E-state index contributed by atoms with van der Waals surface area (Å²) < 4.78 is 4.95. The van der Waals surface area contributed by atoms with Gasteiger partial charge in [-0.2, -0.15) is 4.98 Å². The van der Waals surface area contributed by atoms with Crippen LogP contribution in [0.25, 0.3) is 0 Å². The summed E-state index contributed by atoms with van der Waals surface area (Å²) in [6.45, 7) is 2.65. The van der Waals surface area contributed by atoms with Crippen LogP contribution >= 0.6 is 0 Å². The summed E-state index contributed by atoms with van der Waals surface area (Å²) in [5, 5.41) is 11.7. The quantitative estimate of drug-likeness (QED) is 0.748. The molecule has 17 heavy (non-hydrogen) atoms. The SMILES string of the molecule is COc1cncc(NCC(C)CCC(=O)O)n1. The van der Waals surface area contributed by atoms with Gasteiger partial charge in [0.1, 0.15) is 5.82 Å². The second-order valence-corrected chi connectivity index (χ2v) is 3.87. The number of methoxy groups -OCH3 is 1. The van der Waals surface area contributed by atoms with Crippen molar-refractivity contribution >= 4 is 11.8 Å². The molecule has 0 aliphatic heterocycles. The number of aromatic nitrogens is 2. The number of carboxylic acid groups (broad SMARTS) is 1. The van der Waals surface area contributed by atoms with Gasteiger partial charge in [0.15, 0.2) is 0 Å². The van der Waals surface area contributed by atoms with E-state index in [4.69, 9.17) is 9.84 Å². The zero-order valence-electron chi connectivity index (χ0n) is 10.0. The third-order valence-electron chi connectivity index (χ3n) is 2.30. The molecule has 1 aromatic rings. The highest BCUT2D eigenvalue weighted by atomic mass is 16.5. The van der Waals surface area contributed by atoms with Gasteiger partial charge in [-0.3, -0.25) is 9.78 Å². The van der Waals surface area contributed by atoms with E-state index in [0.717, 1.165) is 0 Å². The van der Waals surface area contributed by atoms with Crippen LogP contribution in [0.4, 0.5) is 5.82 Å². The van der Waals surface area contributed by atoms with Gasteiger partial charge >= 0.3 is 5.97 Å². The van der Waals surface area contributed by atoms with E-state index in [9.17, 15) is 4.79 Å². The molecule has 1 atom stereocenters. The molecule has 1 aromatic heterocycles. The van der Waals surface area contributed by atoms with Crippen LogP contribution in [0.3, 0.4) is 0 Å². The van der Waals surface area contributed by atoms with Crippen LogP contribution in [-0.2, 0) is 4.79 Å². The number of nitrogens with zero attached hydrogens (tertiary/aromatic N) is 2. The molecule has 0 bridgehead atoms. The Morgan fingerprint density at radius 3 is 3.00 bits per heavy atom. The molecule has 0 saturated carbocycles. The van der Waals surface area contributed by atoms with E-state index in [2.05, 4.69) is 15.3 Å². The van der Waals surface area contributed by atoms with Crippen molar-refractivity contribution in [2.45, 2.75) is 19.8 Å². The van der Waals surface area contributed by atoms with E-state index < -0.39 is 5.97 Å². The minimum atomic E-state index is -0.766. The van der Waals surface area contributed by atoms with Crippen molar-refractivity contribution in [2.24, 2.45) is 5.92 Å². The van der Waals surface area contributed by atoms with Gasteiger partial charge in [0.25, 0.3) is 0 Å². The maximum Gasteiger partial charge on any atom is 0.303 e. The molecule has 0 fully saturated rings. The maximum absolute atomic E-state index is 10.4. The van der Waals surface area contributed by atoms with Crippen LogP contribution in [0.2, 0.25) is 0 Å². The predicted molar refractivity (Wildman–Crippen MR) is 63.1 cm³/mol. The smallest absolute Gasteiger partial charge is 0.303 e. The lowest BCUT2D eigenvalue weighted by Crippen LogP contribution is -2.13. The molecule has 0 spiro atoms. The number of carboxylic acids is 1. The number of hydrogen-bond donors (Lipinski definition) is 2. The molecule has 1 heterocycles. The number of nitrogens with one attached hydrogen (secondary N) is 1. The lowest BCUT2D eigenvalue weighted by Gasteiger charge is -2.11. The van der Waals surface area contributed by atoms with Crippen molar-refractivity contribution in [1.29, 1.82) is 0 Å². The Hall–Kier alpha value is -1.85. The highest BCUT2D eigenvalue weighted by Gasteiger charge is 2.06. The monoisotopic (exact) mass is 239 g/mol. The van der Waals surface area contributed by atoms with Gasteiger partial charge in [-0.15, -0.1) is 0 Å². The Kier molecular flexibility index (Phi) is 5.19. The Bertz CT molecular complexity index is 371. The average molecular weight is 239 g/mol. The first-order chi connectivity index (χ1) is 8.11. The summed E-state index contributed by atoms with van der Waals surface area (Å²) in [5.41, 5.74) is 0. The standard InChI is InChI=1S/C11H17N3O3/c1-8(3-4-11(15)16)5-13-9-6-12-7-10(14-9)17-2/h6-8H,3-5H2,1-2H3,(H,13,14)(H,15,16). The second kappa shape index (κ2) is 6.67. The topological polar surface area (TPSA) is 84.3 Å². The predicted octanol–water partition coefficient (Wildman–Crippen LogP) is 1.40. The van der Waals surface area contributed by atoms with Gasteiger partial charge in [-0.05, 0) is 12.3 Å². The molecule has 0 amide bonds. The van der Waals surface area contributed by atoms with Gasteiger partial charge in [-0.25, -0.2) is 0 Å². The van der Waals surface area contributed by atoms with E-state index in [1.807, 2.05) is 6.92 Å². The molecule has 1 unspecified atom stereocenters. The van der Waals surface area contributed by atoms with E-state index in [1.54, 1.807) is 6.20 Å². The highest BCUT2D eigenvalue weighted by Crippen LogP contribution is 2.10. The van der Waals surface area contributed by atoms with Crippen LogP contribution in [0.15, 0.2) is 12.4 Å². The minimum absolute atomic E-state index is 0.187. The van der Waals surface area contributed by atoms with Gasteiger partial charge in [0.2, 0.25) is 5.88 Å². The Morgan fingerprint density at radius 1 is 1.59 bits per heavy atom. The first kappa shape index (κ1) is 13.2. The van der Waals surface area contributed by atoms with Gasteiger partial charge in [0, 0.05) is 13.0 Å². The van der Waals surface area contributed by atoms with Gasteiger partial charge < -0.3 is 15.2 Å². The van der Waals surface area contributed by atoms with Gasteiger partial charge in [0.05, 0.1) is 19.5 Å². The van der Waals surface area contributed by atoms with Crippen LogP contribution in [0, 0.1) is 5.92 Å². The van der Waals surface area contributed by atoms with Crippen molar-refractivity contribution in [3.05, 3.63) is 12.4 Å². The molecule has 6 heteroatoms.